The quantitative estimate of drug-likeness (QED) is 0.805. The van der Waals surface area contributed by atoms with Crippen molar-refractivity contribution < 1.29 is 13.6 Å². The molecule has 0 spiro atoms. The predicted octanol–water partition coefficient (Wildman–Crippen LogP) is 1.91. The fourth-order valence-corrected chi connectivity index (χ4v) is 2.27. The number of benzene rings is 1. The summed E-state index contributed by atoms with van der Waals surface area (Å²) in [7, 11) is 0. The molecule has 2 rings (SSSR count). The van der Waals surface area contributed by atoms with Crippen LogP contribution in [0.4, 0.5) is 20.2 Å². The van der Waals surface area contributed by atoms with Gasteiger partial charge in [0.05, 0.1) is 0 Å². The van der Waals surface area contributed by atoms with Gasteiger partial charge in [-0.3, -0.25) is 4.79 Å². The van der Waals surface area contributed by atoms with E-state index in [-0.39, 0.29) is 25.9 Å². The second-order valence-electron chi connectivity index (χ2n) is 4.92. The zero-order valence-corrected chi connectivity index (χ0v) is 10.7. The Kier molecular flexibility index (Phi) is 3.34. The Bertz CT molecular complexity index is 507. The van der Waals surface area contributed by atoms with E-state index in [0.29, 0.717) is 16.9 Å². The summed E-state index contributed by atoms with van der Waals surface area (Å²) in [5, 5.41) is 0. The van der Waals surface area contributed by atoms with E-state index in [1.165, 1.54) is 6.07 Å². The van der Waals surface area contributed by atoms with E-state index in [9.17, 15) is 13.6 Å². The van der Waals surface area contributed by atoms with Gasteiger partial charge in [0.2, 0.25) is 5.91 Å². The first kappa shape index (κ1) is 13.6. The van der Waals surface area contributed by atoms with Crippen LogP contribution in [0.25, 0.3) is 0 Å². The third-order valence-electron chi connectivity index (χ3n) is 3.54. The Morgan fingerprint density at radius 1 is 1.32 bits per heavy atom. The third-order valence-corrected chi connectivity index (χ3v) is 3.54. The van der Waals surface area contributed by atoms with Crippen molar-refractivity contribution in [3.05, 3.63) is 23.3 Å². The molecule has 0 aliphatic carbocycles. The first-order valence-electron chi connectivity index (χ1n) is 6.13. The van der Waals surface area contributed by atoms with Crippen LogP contribution in [0.15, 0.2) is 12.1 Å². The summed E-state index contributed by atoms with van der Waals surface area (Å²) < 4.78 is 26.3. The Hall–Kier alpha value is -1.85. The van der Waals surface area contributed by atoms with Crippen molar-refractivity contribution in [3.63, 3.8) is 0 Å². The van der Waals surface area contributed by atoms with Gasteiger partial charge in [-0.1, -0.05) is 0 Å². The number of rotatable bonds is 2. The summed E-state index contributed by atoms with van der Waals surface area (Å²) >= 11 is 0. The van der Waals surface area contributed by atoms with Gasteiger partial charge < -0.3 is 16.4 Å². The van der Waals surface area contributed by atoms with Gasteiger partial charge in [0.15, 0.2) is 0 Å². The van der Waals surface area contributed by atoms with Gasteiger partial charge in [0.1, 0.15) is 0 Å². The third kappa shape index (κ3) is 2.77. The lowest BCUT2D eigenvalue weighted by Crippen LogP contribution is -2.39. The lowest BCUT2D eigenvalue weighted by Gasteiger charge is -2.34. The topological polar surface area (TPSA) is 72.3 Å². The number of piperidine rings is 1. The zero-order chi connectivity index (χ0) is 14.2. The normalized spacial score (nSPS) is 18.4. The van der Waals surface area contributed by atoms with Gasteiger partial charge >= 0.3 is 0 Å². The lowest BCUT2D eigenvalue weighted by molar-refractivity contribution is -0.0220. The maximum atomic E-state index is 13.2. The van der Waals surface area contributed by atoms with Crippen LogP contribution in [0.5, 0.6) is 0 Å². The highest BCUT2D eigenvalue weighted by molar-refractivity contribution is 5.95. The van der Waals surface area contributed by atoms with Crippen LogP contribution in [0.3, 0.4) is 0 Å². The number of carbonyl (C=O) groups is 1. The molecule has 0 unspecified atom stereocenters. The second kappa shape index (κ2) is 4.68. The molecule has 19 heavy (non-hydrogen) atoms. The van der Waals surface area contributed by atoms with Crippen LogP contribution in [0.1, 0.15) is 28.8 Å². The molecule has 0 aromatic heterocycles. The Labute approximate surface area is 110 Å². The summed E-state index contributed by atoms with van der Waals surface area (Å²) in [6, 6.07) is 3.14. The van der Waals surface area contributed by atoms with Crippen molar-refractivity contribution in [2.24, 2.45) is 5.73 Å². The zero-order valence-electron chi connectivity index (χ0n) is 10.7. The van der Waals surface area contributed by atoms with Gasteiger partial charge in [-0.2, -0.15) is 0 Å². The van der Waals surface area contributed by atoms with Crippen LogP contribution >= 0.6 is 0 Å². The average molecular weight is 269 g/mol. The minimum atomic E-state index is -2.60. The molecule has 1 aliphatic rings. The van der Waals surface area contributed by atoms with Crippen LogP contribution in [-0.4, -0.2) is 24.9 Å². The first-order valence-corrected chi connectivity index (χ1v) is 6.13. The van der Waals surface area contributed by atoms with E-state index in [4.69, 9.17) is 11.5 Å². The SMILES string of the molecule is Cc1c(N)cc(C(N)=O)cc1N1CCC(F)(F)CC1. The van der Waals surface area contributed by atoms with E-state index >= 15 is 0 Å². The number of carbonyl (C=O) groups excluding carboxylic acids is 1. The van der Waals surface area contributed by atoms with Gasteiger partial charge in [-0.15, -0.1) is 0 Å². The smallest absolute Gasteiger partial charge is 0.251 e. The van der Waals surface area contributed by atoms with Gasteiger partial charge in [-0.05, 0) is 24.6 Å². The molecular formula is C13H17F2N3O. The summed E-state index contributed by atoms with van der Waals surface area (Å²) in [4.78, 5) is 13.1. The number of hydrogen-bond donors (Lipinski definition) is 2. The predicted molar refractivity (Wildman–Crippen MR) is 70.5 cm³/mol. The molecule has 0 radical (unpaired) electrons. The number of nitrogens with zero attached hydrogens (tertiary/aromatic N) is 1. The number of alkyl halides is 2. The Balaban J connectivity index is 2.32. The molecule has 0 saturated carbocycles. The van der Waals surface area contributed by atoms with E-state index < -0.39 is 11.8 Å². The molecule has 1 saturated heterocycles. The Morgan fingerprint density at radius 2 is 1.89 bits per heavy atom. The van der Waals surface area contributed by atoms with Crippen LogP contribution in [-0.2, 0) is 0 Å². The molecule has 4 N–H and O–H groups in total. The van der Waals surface area contributed by atoms with E-state index in [2.05, 4.69) is 0 Å². The van der Waals surface area contributed by atoms with Crippen LogP contribution in [0, 0.1) is 6.92 Å². The molecule has 0 bridgehead atoms. The largest absolute Gasteiger partial charge is 0.398 e. The second-order valence-corrected chi connectivity index (χ2v) is 4.92. The molecule has 6 heteroatoms. The van der Waals surface area contributed by atoms with Gasteiger partial charge in [0, 0.05) is 42.9 Å². The number of halogens is 2. The lowest BCUT2D eigenvalue weighted by atomic mass is 10.0. The number of hydrogen-bond acceptors (Lipinski definition) is 3. The standard InChI is InChI=1S/C13H17F2N3O/c1-8-10(16)6-9(12(17)19)7-11(8)18-4-2-13(14,15)3-5-18/h6-7H,2-5,16H2,1H3,(H2,17,19). The first-order chi connectivity index (χ1) is 8.80. The monoisotopic (exact) mass is 269 g/mol. The van der Waals surface area contributed by atoms with E-state index in [1.54, 1.807) is 6.07 Å². The van der Waals surface area contributed by atoms with Crippen molar-refractivity contribution >= 4 is 17.3 Å². The van der Waals surface area contributed by atoms with Gasteiger partial charge in [-0.25, -0.2) is 8.78 Å². The molecule has 1 aliphatic heterocycles. The number of nitrogen functional groups attached to an aromatic ring is 1. The number of primary amides is 1. The maximum absolute atomic E-state index is 13.2. The summed E-state index contributed by atoms with van der Waals surface area (Å²) in [5.74, 6) is -3.17. The molecule has 1 fully saturated rings. The van der Waals surface area contributed by atoms with Crippen molar-refractivity contribution in [3.8, 4) is 0 Å². The Morgan fingerprint density at radius 3 is 2.42 bits per heavy atom. The maximum Gasteiger partial charge on any atom is 0.251 e. The van der Waals surface area contributed by atoms with E-state index in [0.717, 1.165) is 5.56 Å². The van der Waals surface area contributed by atoms with Crippen LogP contribution < -0.4 is 16.4 Å². The van der Waals surface area contributed by atoms with Crippen molar-refractivity contribution in [1.82, 2.24) is 0 Å². The molecular weight excluding hydrogens is 252 g/mol. The molecule has 4 nitrogen and oxygen atoms in total. The van der Waals surface area contributed by atoms with Crippen molar-refractivity contribution in [2.75, 3.05) is 23.7 Å². The molecule has 1 aromatic carbocycles. The molecule has 104 valence electrons. The number of nitrogens with two attached hydrogens (primary N) is 2. The highest BCUT2D eigenvalue weighted by Gasteiger charge is 2.34. The van der Waals surface area contributed by atoms with Gasteiger partial charge in [0.25, 0.3) is 5.92 Å². The summed E-state index contributed by atoms with van der Waals surface area (Å²) in [6.07, 6.45) is -0.375. The number of amides is 1. The minimum absolute atomic E-state index is 0.187. The number of anilines is 2. The highest BCUT2D eigenvalue weighted by Crippen LogP contribution is 2.33. The van der Waals surface area contributed by atoms with Crippen molar-refractivity contribution in [1.29, 1.82) is 0 Å². The molecule has 1 amide bonds. The molecule has 1 heterocycles. The highest BCUT2D eigenvalue weighted by atomic mass is 19.3. The van der Waals surface area contributed by atoms with Crippen LogP contribution in [0.2, 0.25) is 0 Å². The minimum Gasteiger partial charge on any atom is -0.398 e. The average Bonchev–Trinajstić information content (AvgIpc) is 2.32. The molecule has 1 aromatic rings. The summed E-state index contributed by atoms with van der Waals surface area (Å²) in [5.41, 5.74) is 13.3. The summed E-state index contributed by atoms with van der Waals surface area (Å²) in [6.45, 7) is 2.30. The van der Waals surface area contributed by atoms with Crippen molar-refractivity contribution in [2.45, 2.75) is 25.7 Å². The van der Waals surface area contributed by atoms with E-state index in [1.807, 2.05) is 11.8 Å². The fourth-order valence-electron chi connectivity index (χ4n) is 2.27. The molecule has 0 atom stereocenters. The fraction of sp³-hybridized carbons (Fsp3) is 0.462.